The van der Waals surface area contributed by atoms with Gasteiger partial charge in [0, 0.05) is 25.5 Å². The van der Waals surface area contributed by atoms with Crippen LogP contribution in [0.5, 0.6) is 0 Å². The molecule has 0 bridgehead atoms. The molecule has 1 aromatic rings. The van der Waals surface area contributed by atoms with E-state index in [1.807, 2.05) is 0 Å². The van der Waals surface area contributed by atoms with E-state index in [0.29, 0.717) is 12.1 Å². The van der Waals surface area contributed by atoms with Crippen molar-refractivity contribution in [3.63, 3.8) is 0 Å². The maximum absolute atomic E-state index is 11.6. The van der Waals surface area contributed by atoms with Gasteiger partial charge in [-0.15, -0.1) is 6.58 Å². The highest BCUT2D eigenvalue weighted by atomic mass is 16.1. The molecule has 0 aromatic carbocycles. The first-order valence-corrected chi connectivity index (χ1v) is 5.36. The van der Waals surface area contributed by atoms with E-state index >= 15 is 0 Å². The van der Waals surface area contributed by atoms with Crippen LogP contribution in [0.2, 0.25) is 0 Å². The van der Waals surface area contributed by atoms with E-state index in [2.05, 4.69) is 29.1 Å². The van der Waals surface area contributed by atoms with Gasteiger partial charge in [-0.1, -0.05) is 13.0 Å². The molecule has 0 fully saturated rings. The SMILES string of the molecule is C=CCNC(=O)c1cncc(NCCC)c1. The van der Waals surface area contributed by atoms with Gasteiger partial charge >= 0.3 is 0 Å². The molecule has 0 spiro atoms. The standard InChI is InChI=1S/C12H17N3O/c1-3-5-14-11-7-10(8-13-9-11)12(16)15-6-4-2/h4,7-9,14H,2-3,5-6H2,1H3,(H,15,16). The molecule has 4 heteroatoms. The molecule has 1 heterocycles. The average molecular weight is 219 g/mol. The van der Waals surface area contributed by atoms with Gasteiger partial charge in [-0.2, -0.15) is 0 Å². The number of carbonyl (C=O) groups excluding carboxylic acids is 1. The molecule has 0 unspecified atom stereocenters. The number of hydrogen-bond donors (Lipinski definition) is 2. The minimum Gasteiger partial charge on any atom is -0.384 e. The van der Waals surface area contributed by atoms with E-state index in [0.717, 1.165) is 18.7 Å². The molecule has 4 nitrogen and oxygen atoms in total. The molecule has 2 N–H and O–H groups in total. The van der Waals surface area contributed by atoms with Gasteiger partial charge in [0.15, 0.2) is 0 Å². The first kappa shape index (κ1) is 12.2. The monoisotopic (exact) mass is 219 g/mol. The minimum absolute atomic E-state index is 0.132. The van der Waals surface area contributed by atoms with Gasteiger partial charge in [0.25, 0.3) is 5.91 Å². The number of aromatic nitrogens is 1. The summed E-state index contributed by atoms with van der Waals surface area (Å²) in [7, 11) is 0. The van der Waals surface area contributed by atoms with E-state index < -0.39 is 0 Å². The Balaban J connectivity index is 2.65. The number of pyridine rings is 1. The molecule has 0 aliphatic rings. The molecular weight excluding hydrogens is 202 g/mol. The van der Waals surface area contributed by atoms with E-state index in [4.69, 9.17) is 0 Å². The summed E-state index contributed by atoms with van der Waals surface area (Å²) in [6, 6.07) is 1.79. The smallest absolute Gasteiger partial charge is 0.253 e. The van der Waals surface area contributed by atoms with E-state index in [1.54, 1.807) is 24.5 Å². The van der Waals surface area contributed by atoms with Crippen molar-refractivity contribution in [2.75, 3.05) is 18.4 Å². The van der Waals surface area contributed by atoms with Gasteiger partial charge in [-0.05, 0) is 12.5 Å². The molecule has 0 aliphatic heterocycles. The van der Waals surface area contributed by atoms with E-state index in [-0.39, 0.29) is 5.91 Å². The highest BCUT2D eigenvalue weighted by Crippen LogP contribution is 2.08. The molecule has 0 saturated heterocycles. The highest BCUT2D eigenvalue weighted by molar-refractivity contribution is 5.94. The van der Waals surface area contributed by atoms with Crippen molar-refractivity contribution < 1.29 is 4.79 Å². The third-order valence-electron chi connectivity index (χ3n) is 1.99. The molecule has 86 valence electrons. The molecule has 1 amide bonds. The first-order chi connectivity index (χ1) is 7.77. The van der Waals surface area contributed by atoms with Gasteiger partial charge in [-0.3, -0.25) is 9.78 Å². The zero-order valence-electron chi connectivity index (χ0n) is 9.49. The van der Waals surface area contributed by atoms with Crippen LogP contribution in [0.15, 0.2) is 31.1 Å². The van der Waals surface area contributed by atoms with Gasteiger partial charge in [-0.25, -0.2) is 0 Å². The summed E-state index contributed by atoms with van der Waals surface area (Å²) in [6.45, 7) is 6.96. The Morgan fingerprint density at radius 2 is 2.38 bits per heavy atom. The van der Waals surface area contributed by atoms with Crippen molar-refractivity contribution in [3.05, 3.63) is 36.7 Å². The van der Waals surface area contributed by atoms with Crippen molar-refractivity contribution in [2.24, 2.45) is 0 Å². The Bertz CT molecular complexity index is 363. The average Bonchev–Trinajstić information content (AvgIpc) is 2.33. The number of rotatable bonds is 6. The Morgan fingerprint density at radius 1 is 1.56 bits per heavy atom. The van der Waals surface area contributed by atoms with Crippen LogP contribution in [0.25, 0.3) is 0 Å². The minimum atomic E-state index is -0.132. The summed E-state index contributed by atoms with van der Waals surface area (Å²) in [5.74, 6) is -0.132. The Hall–Kier alpha value is -1.84. The molecule has 0 aliphatic carbocycles. The molecule has 1 aromatic heterocycles. The maximum atomic E-state index is 11.6. The van der Waals surface area contributed by atoms with Crippen molar-refractivity contribution in [2.45, 2.75) is 13.3 Å². The Labute approximate surface area is 95.8 Å². The molecular formula is C12H17N3O. The van der Waals surface area contributed by atoms with Crippen molar-refractivity contribution >= 4 is 11.6 Å². The predicted molar refractivity (Wildman–Crippen MR) is 65.5 cm³/mol. The molecule has 1 rings (SSSR count). The summed E-state index contributed by atoms with van der Waals surface area (Å²) >= 11 is 0. The molecule has 0 atom stereocenters. The largest absolute Gasteiger partial charge is 0.384 e. The normalized spacial score (nSPS) is 9.56. The fourth-order valence-corrected chi connectivity index (χ4v) is 1.20. The van der Waals surface area contributed by atoms with Gasteiger partial charge in [0.05, 0.1) is 11.3 Å². The summed E-state index contributed by atoms with van der Waals surface area (Å²) in [4.78, 5) is 15.6. The third-order valence-corrected chi connectivity index (χ3v) is 1.99. The number of nitrogens with one attached hydrogen (secondary N) is 2. The molecule has 0 saturated carbocycles. The predicted octanol–water partition coefficient (Wildman–Crippen LogP) is 1.82. The molecule has 0 radical (unpaired) electrons. The van der Waals surface area contributed by atoms with Gasteiger partial charge < -0.3 is 10.6 Å². The number of anilines is 1. The van der Waals surface area contributed by atoms with Crippen LogP contribution in [-0.2, 0) is 0 Å². The second-order valence-corrected chi connectivity index (χ2v) is 3.39. The van der Waals surface area contributed by atoms with Crippen molar-refractivity contribution in [3.8, 4) is 0 Å². The van der Waals surface area contributed by atoms with Crippen LogP contribution in [-0.4, -0.2) is 24.0 Å². The van der Waals surface area contributed by atoms with Crippen LogP contribution in [0, 0.1) is 0 Å². The lowest BCUT2D eigenvalue weighted by Gasteiger charge is -2.06. The third kappa shape index (κ3) is 3.73. The van der Waals surface area contributed by atoms with Crippen LogP contribution in [0.4, 0.5) is 5.69 Å². The fourth-order valence-electron chi connectivity index (χ4n) is 1.20. The summed E-state index contributed by atoms with van der Waals surface area (Å²) in [6.07, 6.45) is 5.94. The number of nitrogens with zero attached hydrogens (tertiary/aromatic N) is 1. The van der Waals surface area contributed by atoms with Crippen LogP contribution in [0.3, 0.4) is 0 Å². The number of hydrogen-bond acceptors (Lipinski definition) is 3. The van der Waals surface area contributed by atoms with Gasteiger partial charge in [0.2, 0.25) is 0 Å². The maximum Gasteiger partial charge on any atom is 0.253 e. The zero-order valence-corrected chi connectivity index (χ0v) is 9.49. The second kappa shape index (κ2) is 6.61. The lowest BCUT2D eigenvalue weighted by Crippen LogP contribution is -2.23. The van der Waals surface area contributed by atoms with Crippen molar-refractivity contribution in [1.29, 1.82) is 0 Å². The molecule has 16 heavy (non-hydrogen) atoms. The topological polar surface area (TPSA) is 54.0 Å². The summed E-state index contributed by atoms with van der Waals surface area (Å²) in [5, 5.41) is 5.89. The quantitative estimate of drug-likeness (QED) is 0.717. The Kier molecular flexibility index (Phi) is 5.05. The van der Waals surface area contributed by atoms with E-state index in [9.17, 15) is 4.79 Å². The Morgan fingerprint density at radius 3 is 3.06 bits per heavy atom. The number of amides is 1. The van der Waals surface area contributed by atoms with Gasteiger partial charge in [0.1, 0.15) is 0 Å². The highest BCUT2D eigenvalue weighted by Gasteiger charge is 2.04. The lowest BCUT2D eigenvalue weighted by atomic mass is 10.2. The zero-order chi connectivity index (χ0) is 11.8. The second-order valence-electron chi connectivity index (χ2n) is 3.39. The van der Waals surface area contributed by atoms with E-state index in [1.165, 1.54) is 0 Å². The van der Waals surface area contributed by atoms with Crippen LogP contribution >= 0.6 is 0 Å². The number of carbonyl (C=O) groups is 1. The van der Waals surface area contributed by atoms with Crippen molar-refractivity contribution in [1.82, 2.24) is 10.3 Å². The summed E-state index contributed by atoms with van der Waals surface area (Å²) < 4.78 is 0. The fraction of sp³-hybridized carbons (Fsp3) is 0.333. The lowest BCUT2D eigenvalue weighted by molar-refractivity contribution is 0.0957. The first-order valence-electron chi connectivity index (χ1n) is 5.36. The van der Waals surface area contributed by atoms with Crippen LogP contribution in [0.1, 0.15) is 23.7 Å². The van der Waals surface area contributed by atoms with Crippen LogP contribution < -0.4 is 10.6 Å². The summed E-state index contributed by atoms with van der Waals surface area (Å²) in [5.41, 5.74) is 1.43.